The maximum absolute atomic E-state index is 13.0. The molecular weight excluding hydrogens is 442 g/mol. The zero-order valence-electron chi connectivity index (χ0n) is 17.9. The van der Waals surface area contributed by atoms with Crippen molar-refractivity contribution >= 4 is 33.2 Å². The fourth-order valence-electron chi connectivity index (χ4n) is 3.90. The molecule has 2 aromatic carbocycles. The van der Waals surface area contributed by atoms with Gasteiger partial charge in [0.2, 0.25) is 0 Å². The Labute approximate surface area is 196 Å². The van der Waals surface area contributed by atoms with Gasteiger partial charge in [-0.3, -0.25) is 9.69 Å². The van der Waals surface area contributed by atoms with E-state index in [2.05, 4.69) is 28.9 Å². The maximum atomic E-state index is 13.0. The van der Waals surface area contributed by atoms with E-state index in [4.69, 9.17) is 16.6 Å². The SMILES string of the molecule is CCCC(O)CN(Cc1ccccc1)Cc1nc2scc(-c3cccc(Cl)c3)c2c(=O)[nH]1. The number of benzene rings is 2. The molecule has 1 atom stereocenters. The second kappa shape index (κ2) is 10.4. The topological polar surface area (TPSA) is 69.2 Å². The van der Waals surface area contributed by atoms with Gasteiger partial charge in [-0.2, -0.15) is 0 Å². The highest BCUT2D eigenvalue weighted by atomic mass is 35.5. The Morgan fingerprint density at radius 2 is 1.97 bits per heavy atom. The number of rotatable bonds is 9. The predicted molar refractivity (Wildman–Crippen MR) is 132 cm³/mol. The van der Waals surface area contributed by atoms with E-state index < -0.39 is 6.10 Å². The van der Waals surface area contributed by atoms with Gasteiger partial charge in [0.05, 0.1) is 18.0 Å². The summed E-state index contributed by atoms with van der Waals surface area (Å²) in [6, 6.07) is 17.6. The van der Waals surface area contributed by atoms with Gasteiger partial charge < -0.3 is 10.1 Å². The lowest BCUT2D eigenvalue weighted by molar-refractivity contribution is 0.0957. The molecule has 0 spiro atoms. The Balaban J connectivity index is 1.62. The summed E-state index contributed by atoms with van der Waals surface area (Å²) >= 11 is 7.60. The van der Waals surface area contributed by atoms with Gasteiger partial charge in [0.15, 0.2) is 0 Å². The number of hydrogen-bond acceptors (Lipinski definition) is 5. The van der Waals surface area contributed by atoms with Crippen molar-refractivity contribution in [3.63, 3.8) is 0 Å². The molecule has 0 aliphatic carbocycles. The van der Waals surface area contributed by atoms with Gasteiger partial charge in [0.25, 0.3) is 5.56 Å². The minimum atomic E-state index is -0.421. The van der Waals surface area contributed by atoms with Gasteiger partial charge in [-0.1, -0.05) is 67.4 Å². The molecule has 5 nitrogen and oxygen atoms in total. The predicted octanol–water partition coefficient (Wildman–Crippen LogP) is 5.47. The van der Waals surface area contributed by atoms with Crippen molar-refractivity contribution in [3.05, 3.63) is 86.7 Å². The first-order valence-electron chi connectivity index (χ1n) is 10.7. The van der Waals surface area contributed by atoms with Crippen molar-refractivity contribution < 1.29 is 5.11 Å². The minimum absolute atomic E-state index is 0.157. The molecule has 166 valence electrons. The van der Waals surface area contributed by atoms with Gasteiger partial charge in [-0.05, 0) is 29.7 Å². The standard InChI is InChI=1S/C25H26ClN3O2S/c1-2-7-20(30)14-29(13-17-8-4-3-5-9-17)15-22-27-24(31)23-21(16-32-25(23)28-22)18-10-6-11-19(26)12-18/h3-6,8-12,16,20,30H,2,7,13-15H2,1H3,(H,27,28,31). The highest BCUT2D eigenvalue weighted by Crippen LogP contribution is 2.32. The summed E-state index contributed by atoms with van der Waals surface area (Å²) in [4.78, 5) is 23.6. The normalized spacial score (nSPS) is 12.5. The average molecular weight is 468 g/mol. The van der Waals surface area contributed by atoms with Crippen molar-refractivity contribution in [2.45, 2.75) is 39.0 Å². The summed E-state index contributed by atoms with van der Waals surface area (Å²) < 4.78 is 0. The Morgan fingerprint density at radius 1 is 1.16 bits per heavy atom. The Bertz CT molecular complexity index is 1240. The van der Waals surface area contributed by atoms with Crippen LogP contribution in [0.1, 0.15) is 31.2 Å². The Morgan fingerprint density at radius 3 is 2.72 bits per heavy atom. The number of thiophene rings is 1. The first-order valence-corrected chi connectivity index (χ1v) is 12.0. The fourth-order valence-corrected chi connectivity index (χ4v) is 5.05. The number of fused-ring (bicyclic) bond motifs is 1. The summed E-state index contributed by atoms with van der Waals surface area (Å²) in [5, 5.41) is 13.6. The maximum Gasteiger partial charge on any atom is 0.260 e. The lowest BCUT2D eigenvalue weighted by atomic mass is 10.1. The minimum Gasteiger partial charge on any atom is -0.392 e. The summed E-state index contributed by atoms with van der Waals surface area (Å²) in [5.74, 6) is 0.599. The van der Waals surface area contributed by atoms with E-state index in [1.165, 1.54) is 11.3 Å². The molecule has 4 aromatic rings. The molecule has 4 rings (SSSR count). The summed E-state index contributed by atoms with van der Waals surface area (Å²) in [6.45, 7) is 3.70. The zero-order valence-corrected chi connectivity index (χ0v) is 19.5. The molecule has 0 bridgehead atoms. The third kappa shape index (κ3) is 5.45. The van der Waals surface area contributed by atoms with E-state index in [9.17, 15) is 9.90 Å². The van der Waals surface area contributed by atoms with Crippen LogP contribution in [-0.2, 0) is 13.1 Å². The number of aliphatic hydroxyl groups excluding tert-OH is 1. The smallest absolute Gasteiger partial charge is 0.260 e. The second-order valence-electron chi connectivity index (χ2n) is 7.95. The van der Waals surface area contributed by atoms with Crippen LogP contribution in [0.5, 0.6) is 0 Å². The highest BCUT2D eigenvalue weighted by molar-refractivity contribution is 7.17. The quantitative estimate of drug-likeness (QED) is 0.342. The molecule has 32 heavy (non-hydrogen) atoms. The first kappa shape index (κ1) is 22.7. The van der Waals surface area contributed by atoms with Gasteiger partial charge in [-0.15, -0.1) is 11.3 Å². The lowest BCUT2D eigenvalue weighted by Crippen LogP contribution is -2.33. The number of hydrogen-bond donors (Lipinski definition) is 2. The van der Waals surface area contributed by atoms with Gasteiger partial charge in [-0.25, -0.2) is 4.98 Å². The summed E-state index contributed by atoms with van der Waals surface area (Å²) in [7, 11) is 0. The fraction of sp³-hybridized carbons (Fsp3) is 0.280. The third-order valence-corrected chi connectivity index (χ3v) is 6.45. The van der Waals surface area contributed by atoms with Crippen molar-refractivity contribution in [1.82, 2.24) is 14.9 Å². The zero-order chi connectivity index (χ0) is 22.5. The van der Waals surface area contributed by atoms with Crippen molar-refractivity contribution in [2.24, 2.45) is 0 Å². The van der Waals surface area contributed by atoms with Crippen LogP contribution in [0.4, 0.5) is 0 Å². The molecule has 0 saturated carbocycles. The number of nitrogens with zero attached hydrogens (tertiary/aromatic N) is 2. The largest absolute Gasteiger partial charge is 0.392 e. The Kier molecular flexibility index (Phi) is 7.37. The molecule has 1 unspecified atom stereocenters. The first-order chi connectivity index (χ1) is 15.5. The van der Waals surface area contributed by atoms with Crippen molar-refractivity contribution in [2.75, 3.05) is 6.54 Å². The molecule has 2 aromatic heterocycles. The Hall–Kier alpha value is -2.51. The number of aromatic nitrogens is 2. The highest BCUT2D eigenvalue weighted by Gasteiger charge is 2.17. The van der Waals surface area contributed by atoms with E-state index in [0.29, 0.717) is 40.7 Å². The van der Waals surface area contributed by atoms with Crippen LogP contribution in [0.3, 0.4) is 0 Å². The monoisotopic (exact) mass is 467 g/mol. The van der Waals surface area contributed by atoms with Crippen molar-refractivity contribution in [3.8, 4) is 11.1 Å². The van der Waals surface area contributed by atoms with Crippen LogP contribution >= 0.6 is 22.9 Å². The third-order valence-electron chi connectivity index (χ3n) is 5.34. The van der Waals surface area contributed by atoms with Crippen LogP contribution in [0, 0.1) is 0 Å². The van der Waals surface area contributed by atoms with Gasteiger partial charge in [0, 0.05) is 29.1 Å². The van der Waals surface area contributed by atoms with E-state index in [1.807, 2.05) is 47.8 Å². The van der Waals surface area contributed by atoms with Crippen molar-refractivity contribution in [1.29, 1.82) is 0 Å². The second-order valence-corrected chi connectivity index (χ2v) is 9.24. The van der Waals surface area contributed by atoms with E-state index in [1.54, 1.807) is 0 Å². The molecule has 0 aliphatic rings. The molecule has 0 fully saturated rings. The van der Waals surface area contributed by atoms with Gasteiger partial charge >= 0.3 is 0 Å². The van der Waals surface area contributed by atoms with E-state index in [0.717, 1.165) is 29.5 Å². The molecule has 0 amide bonds. The van der Waals surface area contributed by atoms with E-state index in [-0.39, 0.29) is 5.56 Å². The molecule has 2 heterocycles. The molecule has 0 saturated heterocycles. The lowest BCUT2D eigenvalue weighted by Gasteiger charge is -2.24. The van der Waals surface area contributed by atoms with Crippen LogP contribution < -0.4 is 5.56 Å². The van der Waals surface area contributed by atoms with Crippen LogP contribution in [0.25, 0.3) is 21.3 Å². The number of halogens is 1. The number of H-pyrrole nitrogens is 1. The molecule has 0 aliphatic heterocycles. The number of nitrogens with one attached hydrogen (secondary N) is 1. The molecule has 2 N–H and O–H groups in total. The molecule has 0 radical (unpaired) electrons. The number of aromatic amines is 1. The summed E-state index contributed by atoms with van der Waals surface area (Å²) in [6.07, 6.45) is 1.24. The van der Waals surface area contributed by atoms with Gasteiger partial charge in [0.1, 0.15) is 10.7 Å². The van der Waals surface area contributed by atoms with Crippen LogP contribution in [0.2, 0.25) is 5.02 Å². The average Bonchev–Trinajstić information content (AvgIpc) is 3.19. The molecular formula is C25H26ClN3O2S. The summed E-state index contributed by atoms with van der Waals surface area (Å²) in [5.41, 5.74) is 2.73. The van der Waals surface area contributed by atoms with E-state index >= 15 is 0 Å². The number of aliphatic hydroxyl groups is 1. The van der Waals surface area contributed by atoms with Crippen LogP contribution in [0.15, 0.2) is 64.8 Å². The van der Waals surface area contributed by atoms with Crippen LogP contribution in [-0.4, -0.2) is 32.6 Å². The molecule has 7 heteroatoms.